The molecule has 0 spiro atoms. The van der Waals surface area contributed by atoms with E-state index in [-0.39, 0.29) is 11.9 Å². The lowest BCUT2D eigenvalue weighted by Gasteiger charge is -2.26. The van der Waals surface area contributed by atoms with Gasteiger partial charge in [0.2, 0.25) is 5.91 Å². The summed E-state index contributed by atoms with van der Waals surface area (Å²) in [5, 5.41) is 2.07. The van der Waals surface area contributed by atoms with Crippen molar-refractivity contribution in [1.82, 2.24) is 4.90 Å². The average Bonchev–Trinajstić information content (AvgIpc) is 3.00. The highest BCUT2D eigenvalue weighted by Crippen LogP contribution is 2.23. The number of anilines is 1. The van der Waals surface area contributed by atoms with Gasteiger partial charge in [-0.15, -0.1) is 11.3 Å². The number of carbonyl (C=O) groups is 1. The van der Waals surface area contributed by atoms with Gasteiger partial charge >= 0.3 is 0 Å². The second-order valence-electron chi connectivity index (χ2n) is 4.89. The first-order chi connectivity index (χ1) is 9.59. The van der Waals surface area contributed by atoms with Gasteiger partial charge in [0, 0.05) is 23.7 Å². The molecule has 3 nitrogen and oxygen atoms in total. The Morgan fingerprint density at radius 1 is 1.15 bits per heavy atom. The fourth-order valence-corrected chi connectivity index (χ4v) is 2.85. The summed E-state index contributed by atoms with van der Waals surface area (Å²) in [6.07, 6.45) is 0. The lowest BCUT2D eigenvalue weighted by Crippen LogP contribution is -2.37. The number of hydrogen-bond acceptors (Lipinski definition) is 3. The molecule has 20 heavy (non-hydrogen) atoms. The van der Waals surface area contributed by atoms with Crippen LogP contribution in [0.2, 0.25) is 0 Å². The maximum Gasteiger partial charge on any atom is 0.240 e. The molecule has 0 aliphatic carbocycles. The van der Waals surface area contributed by atoms with E-state index in [0.717, 1.165) is 5.69 Å². The first-order valence-electron chi connectivity index (χ1n) is 6.65. The zero-order valence-electron chi connectivity index (χ0n) is 12.1. The summed E-state index contributed by atoms with van der Waals surface area (Å²) in [5.74, 6) is 0.0992. The van der Waals surface area contributed by atoms with Gasteiger partial charge in [-0.3, -0.25) is 9.69 Å². The highest BCUT2D eigenvalue weighted by atomic mass is 32.1. The van der Waals surface area contributed by atoms with Crippen LogP contribution in [-0.2, 0) is 4.79 Å². The number of amides is 1. The van der Waals surface area contributed by atoms with E-state index in [9.17, 15) is 4.79 Å². The quantitative estimate of drug-likeness (QED) is 0.842. The predicted molar refractivity (Wildman–Crippen MR) is 85.2 cm³/mol. The minimum atomic E-state index is 0.0992. The summed E-state index contributed by atoms with van der Waals surface area (Å²) in [6.45, 7) is 2.53. The van der Waals surface area contributed by atoms with Gasteiger partial charge in [0.1, 0.15) is 0 Å². The molecule has 0 aliphatic heterocycles. The minimum absolute atomic E-state index is 0.0992. The van der Waals surface area contributed by atoms with E-state index >= 15 is 0 Å². The lowest BCUT2D eigenvalue weighted by atomic mass is 10.2. The van der Waals surface area contributed by atoms with E-state index in [4.69, 9.17) is 0 Å². The van der Waals surface area contributed by atoms with E-state index in [1.54, 1.807) is 16.2 Å². The summed E-state index contributed by atoms with van der Waals surface area (Å²) in [6, 6.07) is 14.1. The molecule has 0 saturated carbocycles. The SMILES string of the molecule is CC(c1cccs1)N(C)CC(=O)N(C)c1ccccc1. The molecule has 2 rings (SSSR count). The predicted octanol–water partition coefficient (Wildman–Crippen LogP) is 3.40. The van der Waals surface area contributed by atoms with Crippen LogP contribution < -0.4 is 4.90 Å². The zero-order chi connectivity index (χ0) is 14.5. The highest BCUT2D eigenvalue weighted by molar-refractivity contribution is 7.10. The van der Waals surface area contributed by atoms with Gasteiger partial charge in [-0.1, -0.05) is 24.3 Å². The summed E-state index contributed by atoms with van der Waals surface area (Å²) < 4.78 is 0. The number of rotatable bonds is 5. The topological polar surface area (TPSA) is 23.6 Å². The standard InChI is InChI=1S/C16H20N2OS/c1-13(15-10-7-11-20-15)17(2)12-16(19)18(3)14-8-5-4-6-9-14/h4-11,13H,12H2,1-3H3. The molecule has 1 aromatic carbocycles. The van der Waals surface area contributed by atoms with Crippen molar-refractivity contribution < 1.29 is 4.79 Å². The molecule has 1 aromatic heterocycles. The van der Waals surface area contributed by atoms with E-state index < -0.39 is 0 Å². The van der Waals surface area contributed by atoms with Crippen LogP contribution in [0.5, 0.6) is 0 Å². The number of thiophene rings is 1. The molecule has 106 valence electrons. The zero-order valence-corrected chi connectivity index (χ0v) is 12.9. The van der Waals surface area contributed by atoms with Gasteiger partial charge in [0.25, 0.3) is 0 Å². The smallest absolute Gasteiger partial charge is 0.240 e. The van der Waals surface area contributed by atoms with Crippen LogP contribution in [0.25, 0.3) is 0 Å². The fraction of sp³-hybridized carbons (Fsp3) is 0.312. The summed E-state index contributed by atoms with van der Waals surface area (Å²) >= 11 is 1.72. The van der Waals surface area contributed by atoms with Crippen molar-refractivity contribution >= 4 is 22.9 Å². The molecule has 1 atom stereocenters. The molecule has 0 N–H and O–H groups in total. The second kappa shape index (κ2) is 6.68. The average molecular weight is 288 g/mol. The molecule has 0 fully saturated rings. The number of likely N-dealkylation sites (N-methyl/N-ethyl adjacent to an activating group) is 2. The lowest BCUT2D eigenvalue weighted by molar-refractivity contribution is -0.119. The molecule has 1 unspecified atom stereocenters. The third kappa shape index (κ3) is 3.46. The molecule has 0 saturated heterocycles. The maximum atomic E-state index is 12.3. The Hall–Kier alpha value is -1.65. The van der Waals surface area contributed by atoms with Crippen molar-refractivity contribution in [3.05, 3.63) is 52.7 Å². The van der Waals surface area contributed by atoms with Gasteiger partial charge in [0.15, 0.2) is 0 Å². The van der Waals surface area contributed by atoms with Crippen molar-refractivity contribution in [3.63, 3.8) is 0 Å². The summed E-state index contributed by atoms with van der Waals surface area (Å²) in [7, 11) is 3.81. The molecule has 1 heterocycles. The molecule has 4 heteroatoms. The number of nitrogens with zero attached hydrogens (tertiary/aromatic N) is 2. The van der Waals surface area contributed by atoms with Crippen molar-refractivity contribution in [2.45, 2.75) is 13.0 Å². The molecule has 0 aliphatic rings. The van der Waals surface area contributed by atoms with Crippen LogP contribution in [0.4, 0.5) is 5.69 Å². The van der Waals surface area contributed by atoms with Gasteiger partial charge < -0.3 is 4.90 Å². The van der Waals surface area contributed by atoms with Crippen molar-refractivity contribution in [2.24, 2.45) is 0 Å². The first-order valence-corrected chi connectivity index (χ1v) is 7.53. The van der Waals surface area contributed by atoms with Gasteiger partial charge in [-0.25, -0.2) is 0 Å². The first kappa shape index (κ1) is 14.8. The van der Waals surface area contributed by atoms with E-state index in [1.807, 2.05) is 50.5 Å². The van der Waals surface area contributed by atoms with Gasteiger partial charge in [0.05, 0.1) is 6.54 Å². The minimum Gasteiger partial charge on any atom is -0.314 e. The van der Waals surface area contributed by atoms with Crippen LogP contribution in [0, 0.1) is 0 Å². The Morgan fingerprint density at radius 2 is 1.85 bits per heavy atom. The largest absolute Gasteiger partial charge is 0.314 e. The summed E-state index contributed by atoms with van der Waals surface area (Å²) in [4.78, 5) is 17.4. The number of carbonyl (C=O) groups excluding carboxylic acids is 1. The number of para-hydroxylation sites is 1. The monoisotopic (exact) mass is 288 g/mol. The molecular weight excluding hydrogens is 268 g/mol. The van der Waals surface area contributed by atoms with E-state index in [2.05, 4.69) is 23.3 Å². The highest BCUT2D eigenvalue weighted by Gasteiger charge is 2.18. The Kier molecular flexibility index (Phi) is 4.93. The van der Waals surface area contributed by atoms with Crippen LogP contribution in [0.3, 0.4) is 0 Å². The van der Waals surface area contributed by atoms with Crippen LogP contribution >= 0.6 is 11.3 Å². The third-order valence-electron chi connectivity index (χ3n) is 3.52. The normalized spacial score (nSPS) is 12.4. The van der Waals surface area contributed by atoms with E-state index in [0.29, 0.717) is 6.54 Å². The number of benzene rings is 1. The molecule has 0 bridgehead atoms. The van der Waals surface area contributed by atoms with Crippen molar-refractivity contribution in [1.29, 1.82) is 0 Å². The second-order valence-corrected chi connectivity index (χ2v) is 5.87. The van der Waals surface area contributed by atoms with Crippen LogP contribution in [0.15, 0.2) is 47.8 Å². The molecule has 1 amide bonds. The summed E-state index contributed by atoms with van der Waals surface area (Å²) in [5.41, 5.74) is 0.926. The Balaban J connectivity index is 1.97. The Bertz CT molecular complexity index is 539. The molecule has 0 radical (unpaired) electrons. The molecule has 2 aromatic rings. The Morgan fingerprint density at radius 3 is 2.45 bits per heavy atom. The number of hydrogen-bond donors (Lipinski definition) is 0. The van der Waals surface area contributed by atoms with Crippen LogP contribution in [0.1, 0.15) is 17.8 Å². The fourth-order valence-electron chi connectivity index (χ4n) is 2.00. The maximum absolute atomic E-state index is 12.3. The van der Waals surface area contributed by atoms with Crippen molar-refractivity contribution in [3.8, 4) is 0 Å². The van der Waals surface area contributed by atoms with Gasteiger partial charge in [-0.2, -0.15) is 0 Å². The van der Waals surface area contributed by atoms with E-state index in [1.165, 1.54) is 4.88 Å². The third-order valence-corrected chi connectivity index (χ3v) is 4.56. The van der Waals surface area contributed by atoms with Crippen LogP contribution in [-0.4, -0.2) is 31.4 Å². The Labute approximate surface area is 124 Å². The molecular formula is C16H20N2OS. The van der Waals surface area contributed by atoms with Gasteiger partial charge in [-0.05, 0) is 37.6 Å². The van der Waals surface area contributed by atoms with Crippen molar-refractivity contribution in [2.75, 3.05) is 25.5 Å².